The molecule has 0 bridgehead atoms. The Morgan fingerprint density at radius 2 is 1.85 bits per heavy atom. The molecule has 0 aliphatic carbocycles. The normalized spacial score (nSPS) is 11.2. The topological polar surface area (TPSA) is 66.5 Å². The lowest BCUT2D eigenvalue weighted by Gasteiger charge is -2.11. The first-order valence-electron chi connectivity index (χ1n) is 10.1. The summed E-state index contributed by atoms with van der Waals surface area (Å²) in [4.78, 5) is 16.6. The highest BCUT2D eigenvalue weighted by Crippen LogP contribution is 2.34. The van der Waals surface area contributed by atoms with Crippen LogP contribution in [0.2, 0.25) is 0 Å². The molecule has 11 heteroatoms. The number of ether oxygens (including phenoxy) is 2. The molecule has 6 nitrogen and oxygen atoms in total. The fourth-order valence-electron chi connectivity index (χ4n) is 3.37. The Morgan fingerprint density at radius 3 is 2.47 bits per heavy atom. The number of nitrogens with zero attached hydrogens (tertiary/aromatic N) is 2. The number of esters is 1. The van der Waals surface area contributed by atoms with Crippen molar-refractivity contribution >= 4 is 28.8 Å². The quantitative estimate of drug-likeness (QED) is 0.135. The van der Waals surface area contributed by atoms with Crippen LogP contribution in [-0.4, -0.2) is 29.2 Å². The zero-order valence-electron chi connectivity index (χ0n) is 18.0. The van der Waals surface area contributed by atoms with Crippen molar-refractivity contribution in [3.63, 3.8) is 0 Å². The first-order valence-corrected chi connectivity index (χ1v) is 11.1. The van der Waals surface area contributed by atoms with Crippen LogP contribution in [0.3, 0.4) is 0 Å². The number of thioether (sulfide) groups is 1. The number of hydrogen-bond donors (Lipinski definition) is 0. The Morgan fingerprint density at radius 1 is 1.12 bits per heavy atom. The van der Waals surface area contributed by atoms with Crippen molar-refractivity contribution in [2.24, 2.45) is 0 Å². The highest BCUT2D eigenvalue weighted by molar-refractivity contribution is 7.98. The zero-order chi connectivity index (χ0) is 24.4. The van der Waals surface area contributed by atoms with Crippen molar-refractivity contribution in [3.05, 3.63) is 76.8 Å². The fraction of sp³-hybridized carbons (Fsp3) is 0.217. The van der Waals surface area contributed by atoms with E-state index in [4.69, 9.17) is 9.15 Å². The second-order valence-electron chi connectivity index (χ2n) is 7.04. The van der Waals surface area contributed by atoms with E-state index in [1.807, 2.05) is 0 Å². The highest BCUT2D eigenvalue weighted by Gasteiger charge is 2.27. The van der Waals surface area contributed by atoms with E-state index in [1.165, 1.54) is 12.3 Å². The third-order valence-corrected chi connectivity index (χ3v) is 5.99. The van der Waals surface area contributed by atoms with Crippen LogP contribution in [0.4, 0.5) is 17.6 Å². The SMILES string of the molecule is CCOC(=O)c1ccc2c(c1)nc(SCc1c(F)c(F)c(OC)c(F)c1F)n2Cc1ccco1. The van der Waals surface area contributed by atoms with Gasteiger partial charge in [0.05, 0.1) is 43.1 Å². The first-order chi connectivity index (χ1) is 16.3. The van der Waals surface area contributed by atoms with Gasteiger partial charge in [-0.3, -0.25) is 0 Å². The van der Waals surface area contributed by atoms with Crippen LogP contribution in [0, 0.1) is 23.3 Å². The van der Waals surface area contributed by atoms with Crippen LogP contribution in [0.25, 0.3) is 11.0 Å². The average Bonchev–Trinajstić information content (AvgIpc) is 3.46. The number of methoxy groups -OCH3 is 1. The van der Waals surface area contributed by atoms with Crippen molar-refractivity contribution < 1.29 is 36.2 Å². The molecule has 0 unspecified atom stereocenters. The summed E-state index contributed by atoms with van der Waals surface area (Å²) in [6, 6.07) is 8.21. The van der Waals surface area contributed by atoms with E-state index in [9.17, 15) is 22.4 Å². The van der Waals surface area contributed by atoms with Crippen LogP contribution >= 0.6 is 11.8 Å². The van der Waals surface area contributed by atoms with Crippen LogP contribution < -0.4 is 4.74 Å². The zero-order valence-corrected chi connectivity index (χ0v) is 18.8. The van der Waals surface area contributed by atoms with E-state index in [-0.39, 0.29) is 18.7 Å². The number of aromatic nitrogens is 2. The van der Waals surface area contributed by atoms with Crippen LogP contribution in [0.1, 0.15) is 28.6 Å². The number of halogens is 4. The van der Waals surface area contributed by atoms with Crippen molar-refractivity contribution in [1.82, 2.24) is 9.55 Å². The molecule has 0 aliphatic heterocycles. The molecule has 0 N–H and O–H groups in total. The summed E-state index contributed by atoms with van der Waals surface area (Å²) in [5.74, 6) is -7.83. The lowest BCUT2D eigenvalue weighted by atomic mass is 10.2. The van der Waals surface area contributed by atoms with Crippen LogP contribution in [0.15, 0.2) is 46.2 Å². The van der Waals surface area contributed by atoms with Gasteiger partial charge >= 0.3 is 5.97 Å². The maximum absolute atomic E-state index is 14.4. The third-order valence-electron chi connectivity index (χ3n) is 4.98. The van der Waals surface area contributed by atoms with Gasteiger partial charge in [0, 0.05) is 11.3 Å². The number of benzene rings is 2. The van der Waals surface area contributed by atoms with E-state index in [2.05, 4.69) is 9.72 Å². The van der Waals surface area contributed by atoms with Gasteiger partial charge in [-0.05, 0) is 37.3 Å². The number of carbonyl (C=O) groups is 1. The van der Waals surface area contributed by atoms with E-state index >= 15 is 0 Å². The molecule has 0 saturated heterocycles. The van der Waals surface area contributed by atoms with Crippen LogP contribution in [-0.2, 0) is 17.0 Å². The monoisotopic (exact) mass is 494 g/mol. The van der Waals surface area contributed by atoms with Gasteiger partial charge in [-0.2, -0.15) is 8.78 Å². The number of hydrogen-bond acceptors (Lipinski definition) is 6. The molecule has 2 aromatic heterocycles. The molecular weight excluding hydrogens is 476 g/mol. The number of carbonyl (C=O) groups excluding carboxylic acids is 1. The number of furan rings is 1. The van der Waals surface area contributed by atoms with Crippen molar-refractivity contribution in [2.75, 3.05) is 13.7 Å². The predicted octanol–water partition coefficient (Wildman–Crippen LogP) is 5.71. The number of imidazole rings is 1. The minimum Gasteiger partial charge on any atom is -0.491 e. The summed E-state index contributed by atoms with van der Waals surface area (Å²) in [6.07, 6.45) is 1.49. The molecular formula is C23H18F4N2O4S. The van der Waals surface area contributed by atoms with Gasteiger partial charge in [-0.1, -0.05) is 11.8 Å². The van der Waals surface area contributed by atoms with E-state index in [0.717, 1.165) is 18.9 Å². The summed E-state index contributed by atoms with van der Waals surface area (Å²) >= 11 is 0.871. The average molecular weight is 494 g/mol. The second-order valence-corrected chi connectivity index (χ2v) is 7.98. The van der Waals surface area contributed by atoms with Crippen molar-refractivity contribution in [1.29, 1.82) is 0 Å². The smallest absolute Gasteiger partial charge is 0.338 e. The predicted molar refractivity (Wildman–Crippen MR) is 116 cm³/mol. The van der Waals surface area contributed by atoms with Gasteiger partial charge in [0.1, 0.15) is 5.76 Å². The molecule has 0 aliphatic rings. The maximum atomic E-state index is 14.4. The molecule has 0 amide bonds. The van der Waals surface area contributed by atoms with E-state index < -0.39 is 46.3 Å². The Bertz CT molecular complexity index is 1330. The maximum Gasteiger partial charge on any atom is 0.338 e. The van der Waals surface area contributed by atoms with E-state index in [1.54, 1.807) is 35.8 Å². The van der Waals surface area contributed by atoms with Gasteiger partial charge < -0.3 is 18.5 Å². The molecule has 34 heavy (non-hydrogen) atoms. The lowest BCUT2D eigenvalue weighted by Crippen LogP contribution is -2.06. The van der Waals surface area contributed by atoms with Gasteiger partial charge in [0.25, 0.3) is 0 Å². The molecule has 4 aromatic rings. The van der Waals surface area contributed by atoms with Crippen molar-refractivity contribution in [2.45, 2.75) is 24.4 Å². The van der Waals surface area contributed by atoms with Crippen molar-refractivity contribution in [3.8, 4) is 5.75 Å². The summed E-state index contributed by atoms with van der Waals surface area (Å²) in [6.45, 7) is 2.12. The molecule has 4 rings (SSSR count). The Balaban J connectivity index is 1.73. The molecule has 0 radical (unpaired) electrons. The summed E-state index contributed by atoms with van der Waals surface area (Å²) < 4.78 is 73.7. The van der Waals surface area contributed by atoms with Crippen LogP contribution in [0.5, 0.6) is 5.75 Å². The van der Waals surface area contributed by atoms with E-state index in [0.29, 0.717) is 22.0 Å². The van der Waals surface area contributed by atoms with Gasteiger partial charge in [0.2, 0.25) is 11.6 Å². The highest BCUT2D eigenvalue weighted by atomic mass is 32.2. The molecule has 2 aromatic carbocycles. The lowest BCUT2D eigenvalue weighted by molar-refractivity contribution is 0.0526. The standard InChI is InChI=1S/C23H18F4N2O4S/c1-3-32-22(30)12-6-7-16-15(9-12)28-23(29(16)10-13-5-4-8-33-13)34-11-14-17(24)19(26)21(31-2)20(27)18(14)25/h4-9H,3,10-11H2,1-2H3. The second kappa shape index (κ2) is 9.80. The summed E-state index contributed by atoms with van der Waals surface area (Å²) in [5.41, 5.74) is 0.530. The largest absolute Gasteiger partial charge is 0.491 e. The molecule has 0 fully saturated rings. The van der Waals surface area contributed by atoms with Gasteiger partial charge in [-0.25, -0.2) is 18.6 Å². The van der Waals surface area contributed by atoms with Gasteiger partial charge in [0.15, 0.2) is 22.5 Å². The fourth-order valence-corrected chi connectivity index (χ4v) is 4.38. The molecule has 178 valence electrons. The molecule has 2 heterocycles. The molecule has 0 atom stereocenters. The molecule has 0 saturated carbocycles. The number of rotatable bonds is 8. The minimum absolute atomic E-state index is 0.205. The Kier molecular flexibility index (Phi) is 6.82. The Labute approximate surface area is 195 Å². The third kappa shape index (κ3) is 4.35. The minimum atomic E-state index is -1.61. The number of fused-ring (bicyclic) bond motifs is 1. The summed E-state index contributed by atoms with van der Waals surface area (Å²) in [5, 5.41) is 0.294. The molecule has 0 spiro atoms. The Hall–Kier alpha value is -3.47. The first kappa shape index (κ1) is 23.7. The van der Waals surface area contributed by atoms with Gasteiger partial charge in [-0.15, -0.1) is 0 Å². The summed E-state index contributed by atoms with van der Waals surface area (Å²) in [7, 11) is 0.913.